The molecule has 0 aromatic carbocycles. The lowest BCUT2D eigenvalue weighted by atomic mass is 10.2. The number of pyridine rings is 2. The third-order valence-electron chi connectivity index (χ3n) is 2.91. The quantitative estimate of drug-likeness (QED) is 0.460. The largest absolute Gasteiger partial charge is 0.277 e. The fourth-order valence-electron chi connectivity index (χ4n) is 2.11. The minimum absolute atomic E-state index is 0.949. The molecular weight excluding hydrogens is 196 g/mol. The SMILES string of the molecule is C1=C\C[n+]2ccccc2-c2cccc[n+]2C/1. The predicted molar refractivity (Wildman–Crippen MR) is 61.4 cm³/mol. The van der Waals surface area contributed by atoms with Gasteiger partial charge in [-0.1, -0.05) is 0 Å². The van der Waals surface area contributed by atoms with Crippen LogP contribution in [-0.2, 0) is 13.1 Å². The average molecular weight is 210 g/mol. The monoisotopic (exact) mass is 210 g/mol. The number of allylic oxidation sites excluding steroid dienone is 2. The van der Waals surface area contributed by atoms with Crippen molar-refractivity contribution in [3.8, 4) is 11.4 Å². The second kappa shape index (κ2) is 3.89. The van der Waals surface area contributed by atoms with Crippen molar-refractivity contribution in [3.63, 3.8) is 0 Å². The van der Waals surface area contributed by atoms with Crippen LogP contribution in [0.1, 0.15) is 0 Å². The number of hydrogen-bond acceptors (Lipinski definition) is 0. The number of hydrogen-bond donors (Lipinski definition) is 0. The molecule has 0 saturated heterocycles. The third kappa shape index (κ3) is 1.52. The summed E-state index contributed by atoms with van der Waals surface area (Å²) in [5.41, 5.74) is 2.54. The first kappa shape index (κ1) is 9.28. The summed E-state index contributed by atoms with van der Waals surface area (Å²) in [5.74, 6) is 0. The van der Waals surface area contributed by atoms with Crippen molar-refractivity contribution in [1.82, 2.24) is 0 Å². The molecular formula is C14H14N2+2. The molecule has 0 unspecified atom stereocenters. The molecule has 0 aliphatic carbocycles. The van der Waals surface area contributed by atoms with Crippen LogP contribution in [0.3, 0.4) is 0 Å². The summed E-state index contributed by atoms with van der Waals surface area (Å²) in [5, 5.41) is 0. The number of rotatable bonds is 0. The third-order valence-corrected chi connectivity index (χ3v) is 2.91. The molecule has 16 heavy (non-hydrogen) atoms. The van der Waals surface area contributed by atoms with Crippen molar-refractivity contribution < 1.29 is 9.13 Å². The Kier molecular flexibility index (Phi) is 2.26. The Balaban J connectivity index is 2.27. The van der Waals surface area contributed by atoms with E-state index in [1.807, 2.05) is 0 Å². The van der Waals surface area contributed by atoms with Crippen LogP contribution in [0.4, 0.5) is 0 Å². The van der Waals surface area contributed by atoms with Crippen molar-refractivity contribution in [2.75, 3.05) is 0 Å². The van der Waals surface area contributed by atoms with E-state index in [9.17, 15) is 0 Å². The predicted octanol–water partition coefficient (Wildman–Crippen LogP) is 1.50. The van der Waals surface area contributed by atoms with Gasteiger partial charge in [0.2, 0.25) is 0 Å². The van der Waals surface area contributed by atoms with Crippen molar-refractivity contribution in [1.29, 1.82) is 0 Å². The Labute approximate surface area is 95.1 Å². The first-order chi connectivity index (χ1) is 7.95. The van der Waals surface area contributed by atoms with Gasteiger partial charge in [-0.25, -0.2) is 0 Å². The number of nitrogens with zero attached hydrogens (tertiary/aromatic N) is 2. The summed E-state index contributed by atoms with van der Waals surface area (Å²) < 4.78 is 4.53. The first-order valence-electron chi connectivity index (χ1n) is 5.57. The van der Waals surface area contributed by atoms with Gasteiger partial charge in [0, 0.05) is 24.3 Å². The molecule has 2 nitrogen and oxygen atoms in total. The van der Waals surface area contributed by atoms with E-state index in [0.717, 1.165) is 13.1 Å². The van der Waals surface area contributed by atoms with Crippen molar-refractivity contribution >= 4 is 0 Å². The smallest absolute Gasteiger partial charge is 0.189 e. The molecule has 2 aromatic heterocycles. The van der Waals surface area contributed by atoms with Gasteiger partial charge in [-0.05, 0) is 24.3 Å². The second-order valence-electron chi connectivity index (χ2n) is 3.95. The zero-order valence-corrected chi connectivity index (χ0v) is 9.08. The van der Waals surface area contributed by atoms with Gasteiger partial charge in [-0.15, -0.1) is 0 Å². The molecule has 0 fully saturated rings. The normalized spacial score (nSPS) is 15.5. The van der Waals surface area contributed by atoms with Gasteiger partial charge in [-0.3, -0.25) is 0 Å². The molecule has 78 valence electrons. The van der Waals surface area contributed by atoms with Crippen LogP contribution < -0.4 is 9.13 Å². The standard InChI is InChI=1S/C14H14N2/c1-3-9-15-11-5-6-12-16-10-4-2-8-14(16)13(15)7-1/h1-10H,11-12H2/q+2/b6-5-. The Morgan fingerprint density at radius 3 is 1.69 bits per heavy atom. The lowest BCUT2D eigenvalue weighted by Gasteiger charge is -2.04. The maximum atomic E-state index is 2.27. The zero-order valence-electron chi connectivity index (χ0n) is 9.08. The molecule has 0 bridgehead atoms. The molecule has 3 heterocycles. The van der Waals surface area contributed by atoms with Gasteiger partial charge in [0.05, 0.1) is 0 Å². The van der Waals surface area contributed by atoms with Crippen LogP contribution in [0.2, 0.25) is 0 Å². The van der Waals surface area contributed by atoms with E-state index in [2.05, 4.69) is 70.1 Å². The van der Waals surface area contributed by atoms with Crippen LogP contribution in [0.5, 0.6) is 0 Å². The molecule has 0 amide bonds. The topological polar surface area (TPSA) is 7.76 Å². The van der Waals surface area contributed by atoms with Gasteiger partial charge >= 0.3 is 0 Å². The highest BCUT2D eigenvalue weighted by Crippen LogP contribution is 2.10. The van der Waals surface area contributed by atoms with Crippen LogP contribution in [0.25, 0.3) is 11.4 Å². The molecule has 1 aliphatic rings. The Bertz CT molecular complexity index is 494. The van der Waals surface area contributed by atoms with E-state index in [-0.39, 0.29) is 0 Å². The fraction of sp³-hybridized carbons (Fsp3) is 0.143. The first-order valence-corrected chi connectivity index (χ1v) is 5.57. The highest BCUT2D eigenvalue weighted by atomic mass is 15.0. The molecule has 0 atom stereocenters. The van der Waals surface area contributed by atoms with E-state index in [0.29, 0.717) is 0 Å². The summed E-state index contributed by atoms with van der Waals surface area (Å²) in [6.07, 6.45) is 8.68. The highest BCUT2D eigenvalue weighted by molar-refractivity contribution is 5.45. The molecule has 3 rings (SSSR count). The van der Waals surface area contributed by atoms with Gasteiger partial charge in [-0.2, -0.15) is 9.13 Å². The number of aromatic nitrogens is 2. The molecule has 0 N–H and O–H groups in total. The summed E-state index contributed by atoms with van der Waals surface area (Å²) in [4.78, 5) is 0. The van der Waals surface area contributed by atoms with Crippen LogP contribution in [0.15, 0.2) is 60.9 Å². The van der Waals surface area contributed by atoms with Gasteiger partial charge in [0.25, 0.3) is 11.4 Å². The lowest BCUT2D eigenvalue weighted by molar-refractivity contribution is -0.709. The summed E-state index contributed by atoms with van der Waals surface area (Å²) in [6.45, 7) is 1.90. The van der Waals surface area contributed by atoms with Crippen LogP contribution in [0, 0.1) is 0 Å². The van der Waals surface area contributed by atoms with E-state index in [1.165, 1.54) is 11.4 Å². The Morgan fingerprint density at radius 2 is 1.19 bits per heavy atom. The highest BCUT2D eigenvalue weighted by Gasteiger charge is 2.21. The molecule has 0 radical (unpaired) electrons. The van der Waals surface area contributed by atoms with E-state index >= 15 is 0 Å². The van der Waals surface area contributed by atoms with Crippen LogP contribution >= 0.6 is 0 Å². The molecule has 2 aromatic rings. The second-order valence-corrected chi connectivity index (χ2v) is 3.95. The average Bonchev–Trinajstić information content (AvgIpc) is 2.33. The maximum Gasteiger partial charge on any atom is 0.277 e. The zero-order chi connectivity index (χ0) is 10.8. The van der Waals surface area contributed by atoms with Gasteiger partial charge < -0.3 is 0 Å². The molecule has 0 spiro atoms. The van der Waals surface area contributed by atoms with E-state index in [4.69, 9.17) is 0 Å². The minimum Gasteiger partial charge on any atom is -0.189 e. The van der Waals surface area contributed by atoms with E-state index < -0.39 is 0 Å². The lowest BCUT2D eigenvalue weighted by Crippen LogP contribution is -2.43. The Morgan fingerprint density at radius 1 is 0.688 bits per heavy atom. The van der Waals surface area contributed by atoms with Crippen LogP contribution in [-0.4, -0.2) is 0 Å². The summed E-state index contributed by atoms with van der Waals surface area (Å²) in [7, 11) is 0. The minimum atomic E-state index is 0.949. The summed E-state index contributed by atoms with van der Waals surface area (Å²) >= 11 is 0. The van der Waals surface area contributed by atoms with Gasteiger partial charge in [0.1, 0.15) is 0 Å². The fourth-order valence-corrected chi connectivity index (χ4v) is 2.11. The molecule has 0 saturated carbocycles. The Hall–Kier alpha value is -1.96. The molecule has 1 aliphatic heterocycles. The van der Waals surface area contributed by atoms with Gasteiger partial charge in [0.15, 0.2) is 25.5 Å². The van der Waals surface area contributed by atoms with E-state index in [1.54, 1.807) is 0 Å². The van der Waals surface area contributed by atoms with Crippen molar-refractivity contribution in [2.45, 2.75) is 13.1 Å². The van der Waals surface area contributed by atoms with Crippen molar-refractivity contribution in [3.05, 3.63) is 60.9 Å². The maximum absolute atomic E-state index is 2.27. The number of fused-ring (bicyclic) bond motifs is 3. The summed E-state index contributed by atoms with van der Waals surface area (Å²) in [6, 6.07) is 12.7. The van der Waals surface area contributed by atoms with Crippen molar-refractivity contribution in [2.24, 2.45) is 0 Å². The molecule has 2 heteroatoms.